The van der Waals surface area contributed by atoms with Crippen LogP contribution in [-0.4, -0.2) is 32.5 Å². The van der Waals surface area contributed by atoms with Crippen LogP contribution in [0.3, 0.4) is 0 Å². The van der Waals surface area contributed by atoms with Crippen molar-refractivity contribution < 1.29 is 23.5 Å². The Balaban J connectivity index is 2.15. The summed E-state index contributed by atoms with van der Waals surface area (Å²) in [7, 11) is 1.47. The second kappa shape index (κ2) is 8.62. The summed E-state index contributed by atoms with van der Waals surface area (Å²) in [5.74, 6) is 0.0163. The molecule has 0 aliphatic heterocycles. The first kappa shape index (κ1) is 18.9. The molecule has 0 aliphatic rings. The number of rotatable bonds is 7. The summed E-state index contributed by atoms with van der Waals surface area (Å²) in [6.45, 7) is 1.97. The van der Waals surface area contributed by atoms with E-state index in [9.17, 15) is 14.0 Å². The number of nitrogens with zero attached hydrogens (tertiary/aromatic N) is 1. The largest absolute Gasteiger partial charge is 0.493 e. The molecule has 0 unspecified atom stereocenters. The molecule has 7 heteroatoms. The minimum Gasteiger partial charge on any atom is -0.493 e. The number of benzene rings is 2. The summed E-state index contributed by atoms with van der Waals surface area (Å²) in [4.78, 5) is 25.0. The van der Waals surface area contributed by atoms with Crippen molar-refractivity contribution in [3.05, 3.63) is 52.3 Å². The number of likely N-dealkylation sites (N-methyl/N-ethyl adjacent to an activating group) is 1. The zero-order valence-electron chi connectivity index (χ0n) is 13.8. The number of hydrogen-bond acceptors (Lipinski definition) is 4. The SMILES string of the molecule is CCN(C(=O)COc1cc(C=O)c(Br)cc1OC)c1ccc(F)cc1. The Kier molecular flexibility index (Phi) is 6.52. The van der Waals surface area contributed by atoms with Crippen molar-refractivity contribution in [2.24, 2.45) is 0 Å². The number of anilines is 1. The second-order valence-electron chi connectivity index (χ2n) is 5.05. The first-order chi connectivity index (χ1) is 12.0. The molecule has 0 spiro atoms. The Morgan fingerprint density at radius 3 is 2.48 bits per heavy atom. The van der Waals surface area contributed by atoms with Crippen molar-refractivity contribution in [3.63, 3.8) is 0 Å². The van der Waals surface area contributed by atoms with Crippen molar-refractivity contribution in [1.29, 1.82) is 0 Å². The van der Waals surface area contributed by atoms with E-state index < -0.39 is 0 Å². The topological polar surface area (TPSA) is 55.8 Å². The van der Waals surface area contributed by atoms with Crippen LogP contribution < -0.4 is 14.4 Å². The third-order valence-electron chi connectivity index (χ3n) is 3.52. The zero-order chi connectivity index (χ0) is 18.4. The summed E-state index contributed by atoms with van der Waals surface area (Å²) < 4.78 is 24.4. The first-order valence-electron chi connectivity index (χ1n) is 7.51. The third-order valence-corrected chi connectivity index (χ3v) is 4.20. The van der Waals surface area contributed by atoms with Crippen molar-refractivity contribution in [2.75, 3.05) is 25.2 Å². The van der Waals surface area contributed by atoms with Gasteiger partial charge in [-0.2, -0.15) is 0 Å². The number of halogens is 2. The molecule has 2 aromatic carbocycles. The van der Waals surface area contributed by atoms with Crippen LogP contribution in [0.1, 0.15) is 17.3 Å². The highest BCUT2D eigenvalue weighted by Crippen LogP contribution is 2.33. The van der Waals surface area contributed by atoms with E-state index in [-0.39, 0.29) is 24.1 Å². The van der Waals surface area contributed by atoms with E-state index in [1.807, 2.05) is 6.92 Å². The molecule has 132 valence electrons. The van der Waals surface area contributed by atoms with Gasteiger partial charge in [-0.1, -0.05) is 0 Å². The lowest BCUT2D eigenvalue weighted by atomic mass is 10.2. The molecule has 2 rings (SSSR count). The Morgan fingerprint density at radius 1 is 1.24 bits per heavy atom. The number of methoxy groups -OCH3 is 1. The van der Waals surface area contributed by atoms with Gasteiger partial charge in [-0.25, -0.2) is 4.39 Å². The highest BCUT2D eigenvalue weighted by Gasteiger charge is 2.17. The van der Waals surface area contributed by atoms with Crippen LogP contribution in [0.15, 0.2) is 40.9 Å². The quantitative estimate of drug-likeness (QED) is 0.651. The molecule has 0 aromatic heterocycles. The maximum absolute atomic E-state index is 13.0. The standard InChI is InChI=1S/C18H17BrFNO4/c1-3-21(14-6-4-13(20)5-7-14)18(23)11-25-17-8-12(10-22)15(19)9-16(17)24-2/h4-10H,3,11H2,1-2H3. The second-order valence-corrected chi connectivity index (χ2v) is 5.90. The van der Waals surface area contributed by atoms with Gasteiger partial charge in [0, 0.05) is 22.3 Å². The Morgan fingerprint density at radius 2 is 1.92 bits per heavy atom. The molecule has 0 saturated carbocycles. The summed E-state index contributed by atoms with van der Waals surface area (Å²) in [6, 6.07) is 8.74. The van der Waals surface area contributed by atoms with Crippen molar-refractivity contribution >= 4 is 33.8 Å². The molecular weight excluding hydrogens is 393 g/mol. The highest BCUT2D eigenvalue weighted by atomic mass is 79.9. The highest BCUT2D eigenvalue weighted by molar-refractivity contribution is 9.10. The van der Waals surface area contributed by atoms with E-state index in [0.717, 1.165) is 0 Å². The van der Waals surface area contributed by atoms with Gasteiger partial charge in [0.15, 0.2) is 24.4 Å². The number of aldehydes is 1. The summed E-state index contributed by atoms with van der Waals surface area (Å²) in [5.41, 5.74) is 0.961. The van der Waals surface area contributed by atoms with Gasteiger partial charge < -0.3 is 14.4 Å². The fourth-order valence-electron chi connectivity index (χ4n) is 2.25. The van der Waals surface area contributed by atoms with Crippen LogP contribution in [0.4, 0.5) is 10.1 Å². The molecule has 2 aromatic rings. The van der Waals surface area contributed by atoms with E-state index in [1.165, 1.54) is 42.3 Å². The predicted molar refractivity (Wildman–Crippen MR) is 96.0 cm³/mol. The molecular formula is C18H17BrFNO4. The van der Waals surface area contributed by atoms with Crippen LogP contribution in [0.2, 0.25) is 0 Å². The van der Waals surface area contributed by atoms with Crippen LogP contribution in [0.25, 0.3) is 0 Å². The molecule has 25 heavy (non-hydrogen) atoms. The van der Waals surface area contributed by atoms with E-state index in [0.29, 0.717) is 34.3 Å². The Hall–Kier alpha value is -2.41. The normalized spacial score (nSPS) is 10.2. The van der Waals surface area contributed by atoms with E-state index in [1.54, 1.807) is 6.07 Å². The van der Waals surface area contributed by atoms with Gasteiger partial charge >= 0.3 is 0 Å². The number of ether oxygens (including phenoxy) is 2. The fraction of sp³-hybridized carbons (Fsp3) is 0.222. The molecule has 0 bridgehead atoms. The molecule has 0 heterocycles. The van der Waals surface area contributed by atoms with Crippen LogP contribution in [0.5, 0.6) is 11.5 Å². The Labute approximate surface area is 153 Å². The van der Waals surface area contributed by atoms with Gasteiger partial charge in [0.25, 0.3) is 5.91 Å². The smallest absolute Gasteiger partial charge is 0.264 e. The lowest BCUT2D eigenvalue weighted by Crippen LogP contribution is -2.34. The van der Waals surface area contributed by atoms with Gasteiger partial charge in [-0.3, -0.25) is 9.59 Å². The number of carbonyl (C=O) groups is 2. The third kappa shape index (κ3) is 4.57. The van der Waals surface area contributed by atoms with E-state index in [4.69, 9.17) is 9.47 Å². The van der Waals surface area contributed by atoms with Gasteiger partial charge in [-0.15, -0.1) is 0 Å². The monoisotopic (exact) mass is 409 g/mol. The maximum atomic E-state index is 13.0. The minimum absolute atomic E-state index is 0.249. The van der Waals surface area contributed by atoms with Crippen LogP contribution in [-0.2, 0) is 4.79 Å². The average molecular weight is 410 g/mol. The molecule has 5 nitrogen and oxygen atoms in total. The number of hydrogen-bond donors (Lipinski definition) is 0. The number of carbonyl (C=O) groups excluding carboxylic acids is 2. The average Bonchev–Trinajstić information content (AvgIpc) is 2.62. The summed E-state index contributed by atoms with van der Waals surface area (Å²) in [5, 5.41) is 0. The number of amides is 1. The van der Waals surface area contributed by atoms with Gasteiger partial charge in [0.2, 0.25) is 0 Å². The fourth-order valence-corrected chi connectivity index (χ4v) is 2.67. The molecule has 1 amide bonds. The molecule has 0 fully saturated rings. The minimum atomic E-state index is -0.371. The summed E-state index contributed by atoms with van der Waals surface area (Å²) >= 11 is 3.26. The first-order valence-corrected chi connectivity index (χ1v) is 8.30. The van der Waals surface area contributed by atoms with Crippen molar-refractivity contribution in [2.45, 2.75) is 6.92 Å². The Bertz CT molecular complexity index is 764. The molecule has 0 radical (unpaired) electrons. The van der Waals surface area contributed by atoms with E-state index in [2.05, 4.69) is 15.9 Å². The molecule has 0 atom stereocenters. The molecule has 0 N–H and O–H groups in total. The van der Waals surface area contributed by atoms with Crippen LogP contribution in [0, 0.1) is 5.82 Å². The molecule has 0 aliphatic carbocycles. The molecule has 0 saturated heterocycles. The predicted octanol–water partition coefficient (Wildman–Crippen LogP) is 3.84. The van der Waals surface area contributed by atoms with Gasteiger partial charge in [0.1, 0.15) is 5.82 Å². The zero-order valence-corrected chi connectivity index (χ0v) is 15.4. The van der Waals surface area contributed by atoms with E-state index >= 15 is 0 Å². The van der Waals surface area contributed by atoms with Gasteiger partial charge in [-0.05, 0) is 59.3 Å². The lowest BCUT2D eigenvalue weighted by Gasteiger charge is -2.21. The lowest BCUT2D eigenvalue weighted by molar-refractivity contribution is -0.120. The van der Waals surface area contributed by atoms with Crippen molar-refractivity contribution in [3.8, 4) is 11.5 Å². The maximum Gasteiger partial charge on any atom is 0.264 e. The van der Waals surface area contributed by atoms with Gasteiger partial charge in [0.05, 0.1) is 7.11 Å². The summed E-state index contributed by atoms with van der Waals surface area (Å²) in [6.07, 6.45) is 0.676. The van der Waals surface area contributed by atoms with Crippen molar-refractivity contribution in [1.82, 2.24) is 0 Å². The van der Waals surface area contributed by atoms with Crippen LogP contribution >= 0.6 is 15.9 Å².